The van der Waals surface area contributed by atoms with Crippen LogP contribution in [0, 0.1) is 0 Å². The summed E-state index contributed by atoms with van der Waals surface area (Å²) in [4.78, 5) is 0. The van der Waals surface area contributed by atoms with Gasteiger partial charge in [0.15, 0.2) is 0 Å². The van der Waals surface area contributed by atoms with Gasteiger partial charge in [0.25, 0.3) is 0 Å². The molecule has 1 aliphatic rings. The predicted molar refractivity (Wildman–Crippen MR) is 46.4 cm³/mol. The molecule has 1 heterocycles. The minimum absolute atomic E-state index is 0.267. The Morgan fingerprint density at radius 1 is 1.40 bits per heavy atom. The maximum absolute atomic E-state index is 8.76. The molecule has 10 heavy (non-hydrogen) atoms. The Labute approximate surface area is 69.4 Å². The first-order valence-corrected chi connectivity index (χ1v) is 5.34. The SMILES string of the molecule is OCCC1SCC(CO)S1. The third kappa shape index (κ3) is 2.34. The van der Waals surface area contributed by atoms with Gasteiger partial charge in [-0.15, -0.1) is 23.5 Å². The van der Waals surface area contributed by atoms with Crippen molar-refractivity contribution in [2.45, 2.75) is 16.3 Å². The van der Waals surface area contributed by atoms with Crippen LogP contribution in [-0.4, -0.2) is 39.0 Å². The molecule has 0 aromatic heterocycles. The molecule has 0 spiro atoms. The molecule has 1 saturated heterocycles. The van der Waals surface area contributed by atoms with Gasteiger partial charge in [-0.2, -0.15) is 0 Å². The van der Waals surface area contributed by atoms with Crippen LogP contribution >= 0.6 is 23.5 Å². The van der Waals surface area contributed by atoms with Crippen LogP contribution < -0.4 is 0 Å². The van der Waals surface area contributed by atoms with Gasteiger partial charge in [-0.25, -0.2) is 0 Å². The first kappa shape index (κ1) is 8.71. The molecule has 0 radical (unpaired) electrons. The van der Waals surface area contributed by atoms with Crippen molar-refractivity contribution in [3.05, 3.63) is 0 Å². The van der Waals surface area contributed by atoms with E-state index in [1.165, 1.54) is 0 Å². The molecule has 0 saturated carbocycles. The molecule has 0 aromatic rings. The lowest BCUT2D eigenvalue weighted by atomic mass is 10.5. The van der Waals surface area contributed by atoms with Crippen molar-refractivity contribution in [2.75, 3.05) is 19.0 Å². The van der Waals surface area contributed by atoms with Crippen molar-refractivity contribution in [1.29, 1.82) is 0 Å². The van der Waals surface area contributed by atoms with E-state index in [1.54, 1.807) is 11.8 Å². The molecule has 2 nitrogen and oxygen atoms in total. The van der Waals surface area contributed by atoms with E-state index in [2.05, 4.69) is 0 Å². The maximum Gasteiger partial charge on any atom is 0.0558 e. The van der Waals surface area contributed by atoms with Crippen molar-refractivity contribution in [1.82, 2.24) is 0 Å². The fraction of sp³-hybridized carbons (Fsp3) is 1.00. The summed E-state index contributed by atoms with van der Waals surface area (Å²) in [6, 6.07) is 0. The van der Waals surface area contributed by atoms with Crippen LogP contribution in [0.3, 0.4) is 0 Å². The minimum Gasteiger partial charge on any atom is -0.396 e. The first-order chi connectivity index (χ1) is 4.86. The third-order valence-electron chi connectivity index (χ3n) is 1.38. The van der Waals surface area contributed by atoms with Crippen LogP contribution in [0.4, 0.5) is 0 Å². The van der Waals surface area contributed by atoms with Crippen LogP contribution in [0.25, 0.3) is 0 Å². The maximum atomic E-state index is 8.76. The van der Waals surface area contributed by atoms with E-state index in [4.69, 9.17) is 10.2 Å². The fourth-order valence-corrected chi connectivity index (χ4v) is 4.00. The van der Waals surface area contributed by atoms with Gasteiger partial charge in [0.2, 0.25) is 0 Å². The van der Waals surface area contributed by atoms with E-state index in [1.807, 2.05) is 11.8 Å². The van der Waals surface area contributed by atoms with Crippen LogP contribution in [0.15, 0.2) is 0 Å². The van der Waals surface area contributed by atoms with Crippen LogP contribution in [0.2, 0.25) is 0 Å². The van der Waals surface area contributed by atoms with Gasteiger partial charge in [-0.05, 0) is 6.42 Å². The Bertz CT molecular complexity index is 99.7. The van der Waals surface area contributed by atoms with Gasteiger partial charge >= 0.3 is 0 Å². The van der Waals surface area contributed by atoms with Crippen molar-refractivity contribution in [3.63, 3.8) is 0 Å². The zero-order chi connectivity index (χ0) is 7.40. The molecule has 0 aromatic carbocycles. The third-order valence-corrected chi connectivity index (χ3v) is 4.78. The normalized spacial score (nSPS) is 33.0. The van der Waals surface area contributed by atoms with E-state index in [9.17, 15) is 0 Å². The highest BCUT2D eigenvalue weighted by molar-refractivity contribution is 8.20. The number of hydrogen-bond acceptors (Lipinski definition) is 4. The second-order valence-electron chi connectivity index (χ2n) is 2.22. The van der Waals surface area contributed by atoms with Gasteiger partial charge in [-0.3, -0.25) is 0 Å². The molecule has 1 aliphatic heterocycles. The quantitative estimate of drug-likeness (QED) is 0.665. The van der Waals surface area contributed by atoms with Crippen molar-refractivity contribution < 1.29 is 10.2 Å². The number of hydrogen-bond donors (Lipinski definition) is 2. The highest BCUT2D eigenvalue weighted by atomic mass is 32.2. The summed E-state index contributed by atoms with van der Waals surface area (Å²) in [5, 5.41) is 17.8. The summed E-state index contributed by atoms with van der Waals surface area (Å²) in [5.41, 5.74) is 0. The summed E-state index contributed by atoms with van der Waals surface area (Å²) in [7, 11) is 0. The zero-order valence-electron chi connectivity index (χ0n) is 5.69. The standard InChI is InChI=1S/C6H12O2S2/c7-2-1-6-9-4-5(3-8)10-6/h5-8H,1-4H2. The average molecular weight is 180 g/mol. The van der Waals surface area contributed by atoms with Crippen molar-refractivity contribution >= 4 is 23.5 Å². The summed E-state index contributed by atoms with van der Waals surface area (Å²) in [6.45, 7) is 0.544. The lowest BCUT2D eigenvalue weighted by Crippen LogP contribution is -2.06. The molecule has 4 heteroatoms. The topological polar surface area (TPSA) is 40.5 Å². The largest absolute Gasteiger partial charge is 0.396 e. The molecule has 0 bridgehead atoms. The lowest BCUT2D eigenvalue weighted by molar-refractivity contribution is 0.293. The van der Waals surface area contributed by atoms with Crippen molar-refractivity contribution in [2.24, 2.45) is 0 Å². The molecule has 1 rings (SSSR count). The van der Waals surface area contributed by atoms with Crippen LogP contribution in [0.1, 0.15) is 6.42 Å². The highest BCUT2D eigenvalue weighted by Gasteiger charge is 2.24. The van der Waals surface area contributed by atoms with Gasteiger partial charge in [0.05, 0.1) is 11.2 Å². The molecular weight excluding hydrogens is 168 g/mol. The van der Waals surface area contributed by atoms with Gasteiger partial charge in [0.1, 0.15) is 0 Å². The Hall–Kier alpha value is 0.620. The van der Waals surface area contributed by atoms with E-state index < -0.39 is 0 Å². The Balaban J connectivity index is 2.15. The Morgan fingerprint density at radius 3 is 2.70 bits per heavy atom. The number of aliphatic hydroxyl groups is 2. The summed E-state index contributed by atoms with van der Waals surface area (Å²) >= 11 is 3.63. The van der Waals surface area contributed by atoms with Crippen molar-refractivity contribution in [3.8, 4) is 0 Å². The lowest BCUT2D eigenvalue weighted by Gasteiger charge is -2.05. The number of thioether (sulfide) groups is 2. The monoisotopic (exact) mass is 180 g/mol. The van der Waals surface area contributed by atoms with E-state index in [0.717, 1.165) is 12.2 Å². The molecule has 1 fully saturated rings. The molecule has 2 N–H and O–H groups in total. The summed E-state index contributed by atoms with van der Waals surface area (Å²) in [6.07, 6.45) is 0.853. The molecule has 0 aliphatic carbocycles. The second-order valence-corrected chi connectivity index (χ2v) is 5.26. The second kappa shape index (κ2) is 4.49. The molecule has 0 amide bonds. The predicted octanol–water partition coefficient (Wildman–Crippen LogP) is 0.536. The molecule has 2 atom stereocenters. The molecule has 60 valence electrons. The van der Waals surface area contributed by atoms with Crippen LogP contribution in [-0.2, 0) is 0 Å². The van der Waals surface area contributed by atoms with E-state index in [0.29, 0.717) is 9.83 Å². The number of rotatable bonds is 3. The van der Waals surface area contributed by atoms with Gasteiger partial charge < -0.3 is 10.2 Å². The Kier molecular flexibility index (Phi) is 3.91. The number of aliphatic hydroxyl groups excluding tert-OH is 2. The summed E-state index contributed by atoms with van der Waals surface area (Å²) < 4.78 is 0.516. The smallest absolute Gasteiger partial charge is 0.0558 e. The molecule has 2 unspecified atom stereocenters. The minimum atomic E-state index is 0.267. The highest BCUT2D eigenvalue weighted by Crippen LogP contribution is 2.39. The fourth-order valence-electron chi connectivity index (χ4n) is 0.860. The van der Waals surface area contributed by atoms with Gasteiger partial charge in [-0.1, -0.05) is 0 Å². The molecular formula is C6H12O2S2. The Morgan fingerprint density at radius 2 is 2.20 bits per heavy atom. The van der Waals surface area contributed by atoms with E-state index >= 15 is 0 Å². The van der Waals surface area contributed by atoms with Gasteiger partial charge in [0, 0.05) is 17.6 Å². The average Bonchev–Trinajstić information content (AvgIpc) is 2.37. The summed E-state index contributed by atoms with van der Waals surface area (Å²) in [5.74, 6) is 1.03. The first-order valence-electron chi connectivity index (χ1n) is 3.35. The van der Waals surface area contributed by atoms with Crippen LogP contribution in [0.5, 0.6) is 0 Å². The zero-order valence-corrected chi connectivity index (χ0v) is 7.33. The van der Waals surface area contributed by atoms with E-state index in [-0.39, 0.29) is 13.2 Å².